The van der Waals surface area contributed by atoms with E-state index in [0.717, 1.165) is 10.6 Å². The molecule has 0 amide bonds. The van der Waals surface area contributed by atoms with Gasteiger partial charge in [-0.1, -0.05) is 18.2 Å². The van der Waals surface area contributed by atoms with E-state index in [0.29, 0.717) is 28.9 Å². The van der Waals surface area contributed by atoms with Crippen LogP contribution in [0, 0.1) is 0 Å². The SMILES string of the molecule is CCOc1ccc(N(C(C)C(=O)n2cc(C(=O)OC)c3ccccc32)S(C)(=O)=O)cc1. The lowest BCUT2D eigenvalue weighted by Crippen LogP contribution is -2.44. The summed E-state index contributed by atoms with van der Waals surface area (Å²) in [6.45, 7) is 3.83. The van der Waals surface area contributed by atoms with Crippen molar-refractivity contribution in [2.45, 2.75) is 19.9 Å². The van der Waals surface area contributed by atoms with Crippen molar-refractivity contribution in [2.75, 3.05) is 24.3 Å². The first-order valence-corrected chi connectivity index (χ1v) is 11.5. The molecule has 1 unspecified atom stereocenters. The second kappa shape index (κ2) is 8.81. The topological polar surface area (TPSA) is 94.9 Å². The van der Waals surface area contributed by atoms with E-state index in [9.17, 15) is 18.0 Å². The molecule has 31 heavy (non-hydrogen) atoms. The summed E-state index contributed by atoms with van der Waals surface area (Å²) in [7, 11) is -2.54. The lowest BCUT2D eigenvalue weighted by Gasteiger charge is -2.28. The third-order valence-electron chi connectivity index (χ3n) is 4.82. The largest absolute Gasteiger partial charge is 0.494 e. The Morgan fingerprint density at radius 3 is 2.32 bits per heavy atom. The molecule has 0 fully saturated rings. The van der Waals surface area contributed by atoms with Gasteiger partial charge in [0.25, 0.3) is 5.91 Å². The van der Waals surface area contributed by atoms with Crippen LogP contribution in [0.2, 0.25) is 0 Å². The number of para-hydroxylation sites is 1. The monoisotopic (exact) mass is 444 g/mol. The number of carbonyl (C=O) groups is 2. The number of ether oxygens (including phenoxy) is 2. The molecule has 1 aromatic heterocycles. The fourth-order valence-corrected chi connectivity index (χ4v) is 4.66. The number of esters is 1. The highest BCUT2D eigenvalue weighted by molar-refractivity contribution is 7.92. The van der Waals surface area contributed by atoms with Crippen LogP contribution in [0.5, 0.6) is 5.75 Å². The standard InChI is InChI=1S/C22H24N2O6S/c1-5-30-17-12-10-16(11-13-17)24(31(4,27)28)15(2)21(25)23-14-19(22(26)29-3)18-8-6-7-9-20(18)23/h6-15H,5H2,1-4H3. The maximum Gasteiger partial charge on any atom is 0.340 e. The molecule has 0 bridgehead atoms. The molecule has 9 heteroatoms. The Bertz CT molecular complexity index is 1210. The zero-order valence-corrected chi connectivity index (χ0v) is 18.5. The first kappa shape index (κ1) is 22.4. The normalized spacial score (nSPS) is 12.4. The van der Waals surface area contributed by atoms with Crippen LogP contribution in [0.15, 0.2) is 54.7 Å². The molecule has 0 aliphatic heterocycles. The number of aromatic nitrogens is 1. The van der Waals surface area contributed by atoms with Gasteiger partial charge in [-0.05, 0) is 44.2 Å². The predicted octanol–water partition coefficient (Wildman–Crippen LogP) is 3.32. The van der Waals surface area contributed by atoms with Crippen LogP contribution in [0.1, 0.15) is 29.0 Å². The van der Waals surface area contributed by atoms with Gasteiger partial charge in [0, 0.05) is 11.6 Å². The lowest BCUT2D eigenvalue weighted by molar-refractivity contribution is 0.0603. The summed E-state index contributed by atoms with van der Waals surface area (Å²) in [4.78, 5) is 25.6. The molecule has 8 nitrogen and oxygen atoms in total. The second-order valence-electron chi connectivity index (χ2n) is 6.92. The van der Waals surface area contributed by atoms with Crippen LogP contribution in [0.4, 0.5) is 5.69 Å². The van der Waals surface area contributed by atoms with Crippen LogP contribution in [-0.4, -0.2) is 50.9 Å². The van der Waals surface area contributed by atoms with E-state index < -0.39 is 27.9 Å². The van der Waals surface area contributed by atoms with E-state index in [2.05, 4.69) is 0 Å². The average molecular weight is 445 g/mol. The smallest absolute Gasteiger partial charge is 0.340 e. The van der Waals surface area contributed by atoms with Gasteiger partial charge < -0.3 is 9.47 Å². The molecular weight excluding hydrogens is 420 g/mol. The maximum atomic E-state index is 13.4. The minimum Gasteiger partial charge on any atom is -0.494 e. The van der Waals surface area contributed by atoms with Crippen molar-refractivity contribution in [1.82, 2.24) is 4.57 Å². The van der Waals surface area contributed by atoms with Gasteiger partial charge in [-0.2, -0.15) is 0 Å². The molecule has 0 saturated carbocycles. The fourth-order valence-electron chi connectivity index (χ4n) is 3.49. The summed E-state index contributed by atoms with van der Waals surface area (Å²) in [6, 6.07) is 12.3. The third-order valence-corrected chi connectivity index (χ3v) is 6.06. The van der Waals surface area contributed by atoms with E-state index >= 15 is 0 Å². The van der Waals surface area contributed by atoms with Crippen molar-refractivity contribution in [3.8, 4) is 5.75 Å². The third kappa shape index (κ3) is 4.41. The Morgan fingerprint density at radius 2 is 1.74 bits per heavy atom. The molecule has 0 aliphatic carbocycles. The maximum absolute atomic E-state index is 13.4. The Labute approximate surface area is 181 Å². The molecule has 0 saturated heterocycles. The van der Waals surface area contributed by atoms with Crippen LogP contribution in [0.25, 0.3) is 10.9 Å². The van der Waals surface area contributed by atoms with Crippen LogP contribution < -0.4 is 9.04 Å². The van der Waals surface area contributed by atoms with Gasteiger partial charge >= 0.3 is 5.97 Å². The minimum atomic E-state index is -3.80. The molecule has 1 heterocycles. The average Bonchev–Trinajstić information content (AvgIpc) is 3.13. The van der Waals surface area contributed by atoms with Gasteiger partial charge in [0.05, 0.1) is 36.7 Å². The van der Waals surface area contributed by atoms with Crippen molar-refractivity contribution in [3.63, 3.8) is 0 Å². The molecule has 0 aliphatic rings. The van der Waals surface area contributed by atoms with Gasteiger partial charge in [-0.3, -0.25) is 13.7 Å². The van der Waals surface area contributed by atoms with Crippen molar-refractivity contribution in [3.05, 3.63) is 60.3 Å². The zero-order chi connectivity index (χ0) is 22.8. The Morgan fingerprint density at radius 1 is 1.10 bits per heavy atom. The molecule has 0 N–H and O–H groups in total. The quantitative estimate of drug-likeness (QED) is 0.519. The number of hydrogen-bond donors (Lipinski definition) is 0. The van der Waals surface area contributed by atoms with Gasteiger partial charge in [0.1, 0.15) is 11.8 Å². The number of benzene rings is 2. The van der Waals surface area contributed by atoms with Gasteiger partial charge in [-0.25, -0.2) is 13.2 Å². The van der Waals surface area contributed by atoms with E-state index in [-0.39, 0.29) is 5.56 Å². The summed E-state index contributed by atoms with van der Waals surface area (Å²) in [5.41, 5.74) is 1.04. The molecular formula is C22H24N2O6S. The number of nitrogens with zero attached hydrogens (tertiary/aromatic N) is 2. The van der Waals surface area contributed by atoms with E-state index in [1.165, 1.54) is 24.8 Å². The number of anilines is 1. The van der Waals surface area contributed by atoms with Crippen LogP contribution >= 0.6 is 0 Å². The highest BCUT2D eigenvalue weighted by Gasteiger charge is 2.31. The van der Waals surface area contributed by atoms with E-state index in [1.807, 2.05) is 6.92 Å². The Kier molecular flexibility index (Phi) is 6.35. The molecule has 0 radical (unpaired) electrons. The van der Waals surface area contributed by atoms with Crippen molar-refractivity contribution in [2.24, 2.45) is 0 Å². The highest BCUT2D eigenvalue weighted by Crippen LogP contribution is 2.27. The van der Waals surface area contributed by atoms with E-state index in [1.54, 1.807) is 48.5 Å². The fraction of sp³-hybridized carbons (Fsp3) is 0.273. The number of carbonyl (C=O) groups excluding carboxylic acids is 2. The predicted molar refractivity (Wildman–Crippen MR) is 118 cm³/mol. The summed E-state index contributed by atoms with van der Waals surface area (Å²) in [5.74, 6) is -0.495. The molecule has 3 aromatic rings. The van der Waals surface area contributed by atoms with Gasteiger partial charge in [0.15, 0.2) is 0 Å². The number of sulfonamides is 1. The Hall–Kier alpha value is -3.33. The number of methoxy groups -OCH3 is 1. The van der Waals surface area contributed by atoms with Crippen molar-refractivity contribution < 1.29 is 27.5 Å². The summed E-state index contributed by atoms with van der Waals surface area (Å²) >= 11 is 0. The summed E-state index contributed by atoms with van der Waals surface area (Å²) in [5, 5.41) is 0.543. The molecule has 1 atom stereocenters. The first-order chi connectivity index (χ1) is 14.7. The minimum absolute atomic E-state index is 0.227. The van der Waals surface area contributed by atoms with E-state index in [4.69, 9.17) is 9.47 Å². The molecule has 0 spiro atoms. The molecule has 3 rings (SSSR count). The lowest BCUT2D eigenvalue weighted by atomic mass is 10.2. The highest BCUT2D eigenvalue weighted by atomic mass is 32.2. The van der Waals surface area contributed by atoms with Crippen molar-refractivity contribution in [1.29, 1.82) is 0 Å². The number of fused-ring (bicyclic) bond motifs is 1. The first-order valence-electron chi connectivity index (χ1n) is 9.64. The van der Waals surface area contributed by atoms with Crippen LogP contribution in [0.3, 0.4) is 0 Å². The number of hydrogen-bond acceptors (Lipinski definition) is 6. The van der Waals surface area contributed by atoms with Gasteiger partial charge in [0.2, 0.25) is 10.0 Å². The summed E-state index contributed by atoms with van der Waals surface area (Å²) in [6.07, 6.45) is 2.43. The Balaban J connectivity index is 2.06. The number of rotatable bonds is 7. The molecule has 2 aromatic carbocycles. The molecule has 164 valence electrons. The van der Waals surface area contributed by atoms with Crippen molar-refractivity contribution >= 4 is 38.5 Å². The second-order valence-corrected chi connectivity index (χ2v) is 8.78. The van der Waals surface area contributed by atoms with Crippen LogP contribution in [-0.2, 0) is 14.8 Å². The van der Waals surface area contributed by atoms with Gasteiger partial charge in [-0.15, -0.1) is 0 Å². The summed E-state index contributed by atoms with van der Waals surface area (Å²) < 4.78 is 37.8. The zero-order valence-electron chi connectivity index (χ0n) is 17.7.